The van der Waals surface area contributed by atoms with Crippen LogP contribution in [-0.2, 0) is 32.7 Å². The number of fused-ring (bicyclic) bond motifs is 1. The van der Waals surface area contributed by atoms with Crippen molar-refractivity contribution >= 4 is 10.8 Å². The number of nitrogens with two attached hydrogens (primary N) is 2. The first-order valence-corrected chi connectivity index (χ1v) is 16.2. The van der Waals surface area contributed by atoms with Crippen molar-refractivity contribution in [1.29, 1.82) is 0 Å². The molecule has 0 aliphatic carbocycles. The van der Waals surface area contributed by atoms with E-state index in [1.54, 1.807) is 0 Å². The average Bonchev–Trinajstić information content (AvgIpc) is 3.17. The van der Waals surface area contributed by atoms with Crippen LogP contribution in [-0.4, -0.2) is 6.67 Å². The van der Waals surface area contributed by atoms with Gasteiger partial charge in [0.2, 0.25) is 0 Å². The van der Waals surface area contributed by atoms with Crippen LogP contribution in [0.4, 0.5) is 0 Å². The van der Waals surface area contributed by atoms with E-state index in [2.05, 4.69) is 60.0 Å². The first-order chi connectivity index (χ1) is 21.4. The predicted molar refractivity (Wildman–Crippen MR) is 217 cm³/mol. The third-order valence-electron chi connectivity index (χ3n) is 3.66. The summed E-state index contributed by atoms with van der Waals surface area (Å²) in [7, 11) is 0. The van der Waals surface area contributed by atoms with E-state index in [0.717, 1.165) is 0 Å². The molecule has 0 fully saturated rings. The summed E-state index contributed by atoms with van der Waals surface area (Å²) in [6.07, 6.45) is 0. The summed E-state index contributed by atoms with van der Waals surface area (Å²) in [5.41, 5.74) is 9.25. The van der Waals surface area contributed by atoms with Crippen LogP contribution in [0.5, 0.6) is 0 Å². The van der Waals surface area contributed by atoms with E-state index in [1.807, 2.05) is 192 Å². The molecule has 0 saturated carbocycles. The first kappa shape index (κ1) is 65.9. The zero-order valence-corrected chi connectivity index (χ0v) is 35.3. The van der Waals surface area contributed by atoms with E-state index in [1.165, 1.54) is 10.8 Å². The Morgan fingerprint density at radius 1 is 0.283 bits per heavy atom. The average molecular weight is 708 g/mol. The molecule has 0 amide bonds. The fourth-order valence-electron chi connectivity index (χ4n) is 2.29. The molecule has 0 unspecified atom stereocenters. The molecule has 0 heterocycles. The Labute approximate surface area is 315 Å². The van der Waals surface area contributed by atoms with Crippen molar-refractivity contribution in [1.82, 2.24) is 0 Å². The maximum Gasteiger partial charge on any atom is 0.0403 e. The van der Waals surface area contributed by atoms with Crippen molar-refractivity contribution in [2.24, 2.45) is 11.5 Å². The van der Waals surface area contributed by atoms with Gasteiger partial charge >= 0.3 is 0 Å². The van der Waals surface area contributed by atoms with Gasteiger partial charge in [-0.3, -0.25) is 0 Å². The molecule has 261 valence electrons. The fraction of sp³-hybridized carbons (Fsp3) is 0.302. The van der Waals surface area contributed by atoms with E-state index in [0.29, 0.717) is 0 Å². The van der Waals surface area contributed by atoms with Gasteiger partial charge in [-0.15, -0.1) is 0 Å². The molecule has 0 aliphatic rings. The molecular weight excluding hydrogens is 633 g/mol. The van der Waals surface area contributed by atoms with Crippen molar-refractivity contribution in [3.05, 3.63) is 173 Å². The fourth-order valence-corrected chi connectivity index (χ4v) is 2.29. The standard InChI is InChI=1S/C10H8.3C6H6.6C2H6.CH6N2.2CH3.Y/c1-2-6-10-8-4-3-7-9(10)5-1;3*1-2-4-6-5-3-1;6*1-2;2-1-3;;;/h1-8H;3*1-6H;6*1-2H3;1-3H2;2*1H3;/q;;;;;;;;;;;2*-1;. The van der Waals surface area contributed by atoms with Crippen LogP contribution in [0.2, 0.25) is 0 Å². The second-order valence-electron chi connectivity index (χ2n) is 6.05. The van der Waals surface area contributed by atoms with Crippen LogP contribution in [0.3, 0.4) is 0 Å². The van der Waals surface area contributed by atoms with E-state index >= 15 is 0 Å². The smallest absolute Gasteiger partial charge is 0.0403 e. The van der Waals surface area contributed by atoms with Gasteiger partial charge in [0.15, 0.2) is 0 Å². The minimum Gasteiger partial charge on any atom is -0.358 e. The van der Waals surface area contributed by atoms with Crippen LogP contribution in [0.15, 0.2) is 158 Å². The number of hydrogen-bond acceptors (Lipinski definition) is 2. The molecule has 0 aliphatic heterocycles. The summed E-state index contributed by atoms with van der Waals surface area (Å²) < 4.78 is 0. The summed E-state index contributed by atoms with van der Waals surface area (Å²) >= 11 is 0. The third-order valence-corrected chi connectivity index (χ3v) is 3.66. The number of rotatable bonds is 0. The molecule has 46 heavy (non-hydrogen) atoms. The van der Waals surface area contributed by atoms with Crippen LogP contribution in [0, 0.1) is 14.9 Å². The van der Waals surface area contributed by atoms with Crippen LogP contribution >= 0.6 is 0 Å². The van der Waals surface area contributed by atoms with Crippen molar-refractivity contribution in [2.45, 2.75) is 83.1 Å². The molecule has 0 atom stereocenters. The van der Waals surface area contributed by atoms with E-state index in [9.17, 15) is 0 Å². The minimum absolute atomic E-state index is 0. The Balaban J connectivity index is -0.0000000496. The second kappa shape index (κ2) is 78.6. The summed E-state index contributed by atoms with van der Waals surface area (Å²) in [4.78, 5) is 0. The Kier molecular flexibility index (Phi) is 113. The molecule has 0 saturated heterocycles. The molecule has 5 aromatic carbocycles. The van der Waals surface area contributed by atoms with Gasteiger partial charge in [-0.1, -0.05) is 241 Å². The second-order valence-corrected chi connectivity index (χ2v) is 6.05. The minimum atomic E-state index is 0. The first-order valence-electron chi connectivity index (χ1n) is 16.2. The Morgan fingerprint density at radius 2 is 0.370 bits per heavy atom. The van der Waals surface area contributed by atoms with Gasteiger partial charge in [0, 0.05) is 39.4 Å². The summed E-state index contributed by atoms with van der Waals surface area (Å²) in [6, 6.07) is 52.7. The van der Waals surface area contributed by atoms with Gasteiger partial charge in [0.1, 0.15) is 0 Å². The maximum atomic E-state index is 4.62. The molecule has 5 aromatic rings. The summed E-state index contributed by atoms with van der Waals surface area (Å²) in [6.45, 7) is 24.2. The summed E-state index contributed by atoms with van der Waals surface area (Å²) in [5, 5.41) is 2.62. The monoisotopic (exact) mass is 707 g/mol. The zero-order valence-electron chi connectivity index (χ0n) is 32.5. The van der Waals surface area contributed by atoms with E-state index < -0.39 is 0 Å². The van der Waals surface area contributed by atoms with Crippen LogP contribution < -0.4 is 11.5 Å². The van der Waals surface area contributed by atoms with Gasteiger partial charge in [0.05, 0.1) is 0 Å². The maximum absolute atomic E-state index is 4.62. The molecule has 0 bridgehead atoms. The van der Waals surface area contributed by atoms with Gasteiger partial charge in [-0.25, -0.2) is 0 Å². The van der Waals surface area contributed by atoms with Crippen LogP contribution in [0.1, 0.15) is 83.1 Å². The van der Waals surface area contributed by atoms with Gasteiger partial charge in [0.25, 0.3) is 0 Å². The number of hydrogen-bond donors (Lipinski definition) is 2. The third kappa shape index (κ3) is 60.6. The normalized spacial score (nSPS) is 6.48. The number of benzene rings is 5. The predicted octanol–water partition coefficient (Wildman–Crippen LogP) is 13.8. The molecule has 0 spiro atoms. The van der Waals surface area contributed by atoms with E-state index in [4.69, 9.17) is 0 Å². The van der Waals surface area contributed by atoms with E-state index in [-0.39, 0.29) is 54.2 Å². The molecule has 0 aromatic heterocycles. The molecule has 1 radical (unpaired) electrons. The van der Waals surface area contributed by atoms with Gasteiger partial charge < -0.3 is 26.3 Å². The zero-order chi connectivity index (χ0) is 34.2. The summed E-state index contributed by atoms with van der Waals surface area (Å²) in [5.74, 6) is 0. The molecule has 5 rings (SSSR count). The van der Waals surface area contributed by atoms with Crippen molar-refractivity contribution in [2.75, 3.05) is 6.67 Å². The van der Waals surface area contributed by atoms with Crippen molar-refractivity contribution in [3.8, 4) is 0 Å². The molecule has 2 nitrogen and oxygen atoms in total. The molecule has 3 heteroatoms. The van der Waals surface area contributed by atoms with Crippen molar-refractivity contribution < 1.29 is 32.7 Å². The Bertz CT molecular complexity index is 760. The Hall–Kier alpha value is -2.62. The SMILES string of the molecule is CC.CC.CC.CC.CC.CC.NCN.[CH3-].[CH3-].[Y].c1ccc2ccccc2c1.c1ccccc1.c1ccccc1.c1ccccc1. The Morgan fingerprint density at radius 3 is 0.457 bits per heavy atom. The topological polar surface area (TPSA) is 52.0 Å². The van der Waals surface area contributed by atoms with Crippen LogP contribution in [0.25, 0.3) is 10.8 Å². The molecule has 4 N–H and O–H groups in total. The molecular formula is C43H74N2Y-2. The van der Waals surface area contributed by atoms with Gasteiger partial charge in [-0.2, -0.15) is 0 Å². The quantitative estimate of drug-likeness (QED) is 0.124. The largest absolute Gasteiger partial charge is 0.358 e. The van der Waals surface area contributed by atoms with Gasteiger partial charge in [-0.05, 0) is 10.8 Å². The van der Waals surface area contributed by atoms with Crippen molar-refractivity contribution in [3.63, 3.8) is 0 Å².